The van der Waals surface area contributed by atoms with E-state index in [1.54, 1.807) is 6.92 Å². The van der Waals surface area contributed by atoms with Crippen LogP contribution in [0, 0.1) is 5.92 Å². The fourth-order valence-corrected chi connectivity index (χ4v) is 0.571. The molecule has 1 atom stereocenters. The number of hydrogen-bond donors (Lipinski definition) is 1. The summed E-state index contributed by atoms with van der Waals surface area (Å²) in [5.41, 5.74) is 1.07. The van der Waals surface area contributed by atoms with Gasteiger partial charge in [-0.3, -0.25) is 4.79 Å². The summed E-state index contributed by atoms with van der Waals surface area (Å²) in [5, 5.41) is 8.35. The summed E-state index contributed by atoms with van der Waals surface area (Å²) < 4.78 is 0. The molecule has 0 radical (unpaired) electrons. The van der Waals surface area contributed by atoms with Crippen LogP contribution in [0.5, 0.6) is 0 Å². The van der Waals surface area contributed by atoms with Crippen LogP contribution >= 0.6 is 0 Å². The van der Waals surface area contributed by atoms with Crippen LogP contribution in [0.1, 0.15) is 13.3 Å². The minimum absolute atomic E-state index is 0.241. The lowest BCUT2D eigenvalue weighted by atomic mass is 10.1. The van der Waals surface area contributed by atoms with Crippen molar-refractivity contribution in [2.75, 3.05) is 0 Å². The standard InChI is InChI=1S/C6H8O2/c1-4(6(7)8)5-2-3-5/h2,4H,3H2,1H3,(H,7,8). The van der Waals surface area contributed by atoms with Gasteiger partial charge in [0.2, 0.25) is 0 Å². The van der Waals surface area contributed by atoms with Gasteiger partial charge in [0.05, 0.1) is 5.92 Å². The van der Waals surface area contributed by atoms with Gasteiger partial charge in [-0.25, -0.2) is 0 Å². The van der Waals surface area contributed by atoms with Gasteiger partial charge in [0.25, 0.3) is 0 Å². The highest BCUT2D eigenvalue weighted by Gasteiger charge is 2.21. The molecule has 0 fully saturated rings. The minimum Gasteiger partial charge on any atom is -0.481 e. The summed E-state index contributed by atoms with van der Waals surface area (Å²) in [6.45, 7) is 1.71. The number of carboxylic acids is 1. The van der Waals surface area contributed by atoms with E-state index in [4.69, 9.17) is 5.11 Å². The summed E-state index contributed by atoms with van der Waals surface area (Å²) in [6.07, 6.45) is 2.85. The van der Waals surface area contributed by atoms with Crippen LogP contribution in [-0.2, 0) is 4.79 Å². The second kappa shape index (κ2) is 1.62. The van der Waals surface area contributed by atoms with Crippen LogP contribution in [0.2, 0.25) is 0 Å². The van der Waals surface area contributed by atoms with Crippen molar-refractivity contribution in [1.82, 2.24) is 0 Å². The van der Waals surface area contributed by atoms with E-state index >= 15 is 0 Å². The molecule has 0 aromatic heterocycles. The molecular formula is C6H8O2. The Hall–Kier alpha value is -0.790. The number of allylic oxidation sites excluding steroid dienone is 1. The second-order valence-electron chi connectivity index (χ2n) is 2.04. The van der Waals surface area contributed by atoms with Crippen molar-refractivity contribution in [3.8, 4) is 0 Å². The lowest BCUT2D eigenvalue weighted by Crippen LogP contribution is -2.07. The quantitative estimate of drug-likeness (QED) is 0.542. The first-order valence-electron chi connectivity index (χ1n) is 2.63. The van der Waals surface area contributed by atoms with Crippen molar-refractivity contribution in [2.24, 2.45) is 5.92 Å². The Labute approximate surface area is 47.8 Å². The summed E-state index contributed by atoms with van der Waals surface area (Å²) in [4.78, 5) is 10.1. The Bertz CT molecular complexity index is 145. The molecule has 1 unspecified atom stereocenters. The van der Waals surface area contributed by atoms with Crippen molar-refractivity contribution < 1.29 is 9.90 Å². The van der Waals surface area contributed by atoms with E-state index in [0.29, 0.717) is 0 Å². The summed E-state index contributed by atoms with van der Waals surface area (Å²) >= 11 is 0. The third-order valence-corrected chi connectivity index (χ3v) is 1.37. The van der Waals surface area contributed by atoms with Crippen LogP contribution in [-0.4, -0.2) is 11.1 Å². The Kier molecular flexibility index (Phi) is 1.08. The van der Waals surface area contributed by atoms with Crippen molar-refractivity contribution in [2.45, 2.75) is 13.3 Å². The summed E-state index contributed by atoms with van der Waals surface area (Å²) in [6, 6.07) is 0. The molecule has 1 rings (SSSR count). The van der Waals surface area contributed by atoms with Gasteiger partial charge in [-0.2, -0.15) is 0 Å². The molecule has 2 heteroatoms. The maximum atomic E-state index is 10.1. The normalized spacial score (nSPS) is 19.4. The molecule has 0 heterocycles. The molecule has 1 aliphatic carbocycles. The predicted molar refractivity (Wildman–Crippen MR) is 29.5 cm³/mol. The topological polar surface area (TPSA) is 37.3 Å². The first kappa shape index (κ1) is 5.35. The summed E-state index contributed by atoms with van der Waals surface area (Å²) in [7, 11) is 0. The van der Waals surface area contributed by atoms with Crippen molar-refractivity contribution >= 4 is 5.97 Å². The summed E-state index contributed by atoms with van der Waals surface area (Å²) in [5.74, 6) is -0.955. The van der Waals surface area contributed by atoms with E-state index in [1.165, 1.54) is 0 Å². The fourth-order valence-electron chi connectivity index (χ4n) is 0.571. The van der Waals surface area contributed by atoms with Crippen molar-refractivity contribution in [3.05, 3.63) is 11.6 Å². The third kappa shape index (κ3) is 0.886. The SMILES string of the molecule is CC(C(=O)O)C1=CC1. The van der Waals surface area contributed by atoms with E-state index in [1.807, 2.05) is 6.08 Å². The van der Waals surface area contributed by atoms with Gasteiger partial charge >= 0.3 is 5.97 Å². The van der Waals surface area contributed by atoms with Gasteiger partial charge in [0, 0.05) is 0 Å². The van der Waals surface area contributed by atoms with Crippen LogP contribution in [0.25, 0.3) is 0 Å². The maximum absolute atomic E-state index is 10.1. The third-order valence-electron chi connectivity index (χ3n) is 1.37. The van der Waals surface area contributed by atoms with E-state index < -0.39 is 5.97 Å². The molecule has 8 heavy (non-hydrogen) atoms. The lowest BCUT2D eigenvalue weighted by molar-refractivity contribution is -0.139. The molecule has 0 spiro atoms. The first-order chi connectivity index (χ1) is 3.72. The van der Waals surface area contributed by atoms with Crippen molar-refractivity contribution in [3.63, 3.8) is 0 Å². The molecule has 0 aromatic carbocycles. The van der Waals surface area contributed by atoms with Gasteiger partial charge in [-0.1, -0.05) is 11.6 Å². The smallest absolute Gasteiger partial charge is 0.310 e. The highest BCUT2D eigenvalue weighted by molar-refractivity contribution is 5.74. The van der Waals surface area contributed by atoms with E-state index in [2.05, 4.69) is 0 Å². The van der Waals surface area contributed by atoms with Gasteiger partial charge in [-0.15, -0.1) is 0 Å². The largest absolute Gasteiger partial charge is 0.481 e. The van der Waals surface area contributed by atoms with Crippen LogP contribution in [0.3, 0.4) is 0 Å². The van der Waals surface area contributed by atoms with E-state index in [0.717, 1.165) is 12.0 Å². The van der Waals surface area contributed by atoms with Crippen LogP contribution in [0.15, 0.2) is 11.6 Å². The highest BCUT2D eigenvalue weighted by Crippen LogP contribution is 2.26. The highest BCUT2D eigenvalue weighted by atomic mass is 16.4. The number of carbonyl (C=O) groups is 1. The molecule has 0 saturated carbocycles. The predicted octanol–water partition coefficient (Wildman–Crippen LogP) is 1.04. The Morgan fingerprint density at radius 3 is 2.62 bits per heavy atom. The van der Waals surface area contributed by atoms with E-state index in [9.17, 15) is 4.79 Å². The number of hydrogen-bond acceptors (Lipinski definition) is 1. The fraction of sp³-hybridized carbons (Fsp3) is 0.500. The van der Waals surface area contributed by atoms with Gasteiger partial charge < -0.3 is 5.11 Å². The zero-order valence-electron chi connectivity index (χ0n) is 4.72. The zero-order chi connectivity index (χ0) is 6.15. The minimum atomic E-state index is -0.714. The van der Waals surface area contributed by atoms with Crippen LogP contribution in [0.4, 0.5) is 0 Å². The zero-order valence-corrected chi connectivity index (χ0v) is 4.72. The number of aliphatic carboxylic acids is 1. The molecule has 0 aromatic rings. The molecule has 0 aliphatic heterocycles. The average molecular weight is 112 g/mol. The van der Waals surface area contributed by atoms with Gasteiger partial charge in [0.15, 0.2) is 0 Å². The van der Waals surface area contributed by atoms with Gasteiger partial charge in [0.1, 0.15) is 0 Å². The Morgan fingerprint density at radius 2 is 2.50 bits per heavy atom. The second-order valence-corrected chi connectivity index (χ2v) is 2.04. The lowest BCUT2D eigenvalue weighted by Gasteiger charge is -1.96. The molecule has 1 aliphatic rings. The molecule has 2 nitrogen and oxygen atoms in total. The molecule has 0 saturated heterocycles. The molecule has 44 valence electrons. The monoisotopic (exact) mass is 112 g/mol. The van der Waals surface area contributed by atoms with E-state index in [-0.39, 0.29) is 5.92 Å². The van der Waals surface area contributed by atoms with Crippen LogP contribution < -0.4 is 0 Å². The molecule has 0 amide bonds. The number of rotatable bonds is 2. The first-order valence-corrected chi connectivity index (χ1v) is 2.63. The molecule has 1 N–H and O–H groups in total. The Morgan fingerprint density at radius 1 is 2.00 bits per heavy atom. The number of carboxylic acid groups (broad SMARTS) is 1. The maximum Gasteiger partial charge on any atom is 0.310 e. The molecular weight excluding hydrogens is 104 g/mol. The molecule has 0 bridgehead atoms. The van der Waals surface area contributed by atoms with Gasteiger partial charge in [-0.05, 0) is 13.3 Å². The Balaban J connectivity index is 2.45. The average Bonchev–Trinajstić information content (AvgIpc) is 2.43. The van der Waals surface area contributed by atoms with Crippen molar-refractivity contribution in [1.29, 1.82) is 0 Å².